The van der Waals surface area contributed by atoms with Crippen LogP contribution in [0.15, 0.2) is 53.4 Å². The second-order valence-electron chi connectivity index (χ2n) is 10.9. The van der Waals surface area contributed by atoms with Crippen LogP contribution >= 0.6 is 0 Å². The Balaban J connectivity index is 1.32. The Morgan fingerprint density at radius 2 is 1.47 bits per heavy atom. The summed E-state index contributed by atoms with van der Waals surface area (Å²) in [7, 11) is -4.27. The molecule has 0 spiro atoms. The van der Waals surface area contributed by atoms with Gasteiger partial charge in [0.2, 0.25) is 16.0 Å². The molecule has 1 aliphatic rings. The molecule has 3 aromatic rings. The summed E-state index contributed by atoms with van der Waals surface area (Å²) in [5.74, 6) is 1.75. The molecule has 206 valence electrons. The fraction of sp³-hybridized carbons (Fsp3) is 0.481. The Hall–Kier alpha value is -2.92. The molecule has 2 aromatic carbocycles. The standard InChI is InChI=1S/C27H34F3N5O2S/c1-26(2,3)35-24-20-8-4-6-10-22(20)33-25(34-24)31-16-18-12-14-19(15-13-18)17-32-38(36,37)23-11-7-5-9-21(23)27(28,29)30/h4-11,18-19,32H,12-17H2,1-3H3,(H2,31,33,34,35). The summed E-state index contributed by atoms with van der Waals surface area (Å²) in [5, 5.41) is 7.77. The van der Waals surface area contributed by atoms with Crippen molar-refractivity contribution in [1.82, 2.24) is 14.7 Å². The van der Waals surface area contributed by atoms with Crippen molar-refractivity contribution in [3.63, 3.8) is 0 Å². The highest BCUT2D eigenvalue weighted by atomic mass is 32.2. The lowest BCUT2D eigenvalue weighted by Gasteiger charge is -2.29. The molecule has 0 aliphatic heterocycles. The average molecular weight is 550 g/mol. The van der Waals surface area contributed by atoms with Crippen LogP contribution in [0.3, 0.4) is 0 Å². The van der Waals surface area contributed by atoms with Gasteiger partial charge < -0.3 is 10.6 Å². The number of sulfonamides is 1. The van der Waals surface area contributed by atoms with Crippen molar-refractivity contribution in [3.8, 4) is 0 Å². The molecule has 1 aliphatic carbocycles. The second kappa shape index (κ2) is 11.1. The Morgan fingerprint density at radius 3 is 2.13 bits per heavy atom. The minimum atomic E-state index is -4.74. The summed E-state index contributed by atoms with van der Waals surface area (Å²) < 4.78 is 67.5. The van der Waals surface area contributed by atoms with Gasteiger partial charge in [0.25, 0.3) is 0 Å². The maximum Gasteiger partial charge on any atom is 0.417 e. The first kappa shape index (κ1) is 28.1. The number of anilines is 2. The maximum absolute atomic E-state index is 13.3. The first-order chi connectivity index (χ1) is 17.8. The zero-order valence-electron chi connectivity index (χ0n) is 21.8. The minimum absolute atomic E-state index is 0.0681. The number of alkyl halides is 3. The monoisotopic (exact) mass is 549 g/mol. The third-order valence-electron chi connectivity index (χ3n) is 6.66. The predicted molar refractivity (Wildman–Crippen MR) is 143 cm³/mol. The molecular weight excluding hydrogens is 515 g/mol. The number of nitrogens with one attached hydrogen (secondary N) is 3. The Bertz CT molecular complexity index is 1370. The highest BCUT2D eigenvalue weighted by Crippen LogP contribution is 2.34. The largest absolute Gasteiger partial charge is 0.417 e. The molecule has 4 rings (SSSR count). The van der Waals surface area contributed by atoms with Gasteiger partial charge in [-0.25, -0.2) is 18.1 Å². The van der Waals surface area contributed by atoms with Crippen molar-refractivity contribution in [3.05, 3.63) is 54.1 Å². The van der Waals surface area contributed by atoms with Crippen molar-refractivity contribution in [2.45, 2.75) is 63.1 Å². The van der Waals surface area contributed by atoms with Gasteiger partial charge in [-0.1, -0.05) is 24.3 Å². The lowest BCUT2D eigenvalue weighted by Crippen LogP contribution is -2.33. The van der Waals surface area contributed by atoms with Gasteiger partial charge in [0.1, 0.15) is 5.82 Å². The molecule has 0 saturated heterocycles. The van der Waals surface area contributed by atoms with Crippen LogP contribution in [-0.2, 0) is 16.2 Å². The van der Waals surface area contributed by atoms with Crippen LogP contribution < -0.4 is 15.4 Å². The van der Waals surface area contributed by atoms with Crippen molar-refractivity contribution in [1.29, 1.82) is 0 Å². The lowest BCUT2D eigenvalue weighted by atomic mass is 9.82. The van der Waals surface area contributed by atoms with Crippen molar-refractivity contribution < 1.29 is 21.6 Å². The number of benzene rings is 2. The summed E-state index contributed by atoms with van der Waals surface area (Å²) in [4.78, 5) is 8.63. The van der Waals surface area contributed by atoms with Gasteiger partial charge in [-0.2, -0.15) is 18.2 Å². The van der Waals surface area contributed by atoms with Crippen molar-refractivity contribution in [2.75, 3.05) is 23.7 Å². The van der Waals surface area contributed by atoms with E-state index in [4.69, 9.17) is 4.98 Å². The normalized spacial score (nSPS) is 18.9. The molecule has 1 aromatic heterocycles. The van der Waals surface area contributed by atoms with E-state index < -0.39 is 26.7 Å². The van der Waals surface area contributed by atoms with E-state index in [-0.39, 0.29) is 18.0 Å². The van der Waals surface area contributed by atoms with E-state index in [0.717, 1.165) is 54.5 Å². The number of hydrogen-bond acceptors (Lipinski definition) is 6. The van der Waals surface area contributed by atoms with Crippen molar-refractivity contribution >= 4 is 32.7 Å². The van der Waals surface area contributed by atoms with E-state index in [0.29, 0.717) is 18.4 Å². The Kier molecular flexibility index (Phi) is 8.17. The summed E-state index contributed by atoms with van der Waals surface area (Å²) in [5.41, 5.74) is -0.470. The first-order valence-corrected chi connectivity index (χ1v) is 14.2. The molecule has 1 fully saturated rings. The van der Waals surface area contributed by atoms with Gasteiger partial charge in [-0.3, -0.25) is 0 Å². The number of para-hydroxylation sites is 1. The maximum atomic E-state index is 13.3. The van der Waals surface area contributed by atoms with Gasteiger partial charge >= 0.3 is 6.18 Å². The van der Waals surface area contributed by atoms with Crippen LogP contribution in [0.25, 0.3) is 10.9 Å². The van der Waals surface area contributed by atoms with Crippen molar-refractivity contribution in [2.24, 2.45) is 11.8 Å². The molecule has 0 amide bonds. The van der Waals surface area contributed by atoms with E-state index >= 15 is 0 Å². The van der Waals surface area contributed by atoms with Gasteiger partial charge in [-0.05, 0) is 82.6 Å². The smallest absolute Gasteiger partial charge is 0.365 e. The number of halogens is 3. The molecule has 0 atom stereocenters. The second-order valence-corrected chi connectivity index (χ2v) is 12.6. The van der Waals surface area contributed by atoms with Crippen LogP contribution in [0.4, 0.5) is 24.9 Å². The number of nitrogens with zero attached hydrogens (tertiary/aromatic N) is 2. The minimum Gasteiger partial charge on any atom is -0.365 e. The third-order valence-corrected chi connectivity index (χ3v) is 8.14. The van der Waals surface area contributed by atoms with E-state index in [9.17, 15) is 21.6 Å². The summed E-state index contributed by atoms with van der Waals surface area (Å²) in [6.07, 6.45) is -1.43. The molecule has 1 heterocycles. The number of aromatic nitrogens is 2. The molecule has 0 unspecified atom stereocenters. The van der Waals surface area contributed by atoms with E-state index in [1.54, 1.807) is 0 Å². The molecule has 11 heteroatoms. The van der Waals surface area contributed by atoms with Crippen LogP contribution in [0.2, 0.25) is 0 Å². The molecule has 7 nitrogen and oxygen atoms in total. The topological polar surface area (TPSA) is 96.0 Å². The van der Waals surface area contributed by atoms with Crippen LogP contribution in [0.5, 0.6) is 0 Å². The van der Waals surface area contributed by atoms with Crippen LogP contribution in [-0.4, -0.2) is 37.0 Å². The van der Waals surface area contributed by atoms with E-state index in [1.807, 2.05) is 24.3 Å². The lowest BCUT2D eigenvalue weighted by molar-refractivity contribution is -0.139. The van der Waals surface area contributed by atoms with Crippen LogP contribution in [0.1, 0.15) is 52.0 Å². The molecule has 0 radical (unpaired) electrons. The fourth-order valence-electron chi connectivity index (χ4n) is 4.72. The molecule has 0 bridgehead atoms. The van der Waals surface area contributed by atoms with E-state index in [1.165, 1.54) is 12.1 Å². The third kappa shape index (κ3) is 7.13. The number of fused-ring (bicyclic) bond motifs is 1. The first-order valence-electron chi connectivity index (χ1n) is 12.8. The highest BCUT2D eigenvalue weighted by molar-refractivity contribution is 7.89. The molecule has 3 N–H and O–H groups in total. The van der Waals surface area contributed by atoms with Gasteiger partial charge in [0, 0.05) is 24.0 Å². The zero-order chi connectivity index (χ0) is 27.6. The van der Waals surface area contributed by atoms with Gasteiger partial charge in [0.15, 0.2) is 0 Å². The Labute approximate surface area is 221 Å². The SMILES string of the molecule is CC(C)(C)Nc1nc(NCC2CCC(CNS(=O)(=O)c3ccccc3C(F)(F)F)CC2)nc2ccccc12. The van der Waals surface area contributed by atoms with Gasteiger partial charge in [0.05, 0.1) is 16.0 Å². The summed E-state index contributed by atoms with van der Waals surface area (Å²) in [6.45, 7) is 7.02. The number of rotatable bonds is 8. The Morgan fingerprint density at radius 1 is 0.868 bits per heavy atom. The molecule has 38 heavy (non-hydrogen) atoms. The molecular formula is C27H34F3N5O2S. The zero-order valence-corrected chi connectivity index (χ0v) is 22.6. The quantitative estimate of drug-likeness (QED) is 0.316. The fourth-order valence-corrected chi connectivity index (χ4v) is 6.06. The highest BCUT2D eigenvalue weighted by Gasteiger charge is 2.37. The predicted octanol–water partition coefficient (Wildman–Crippen LogP) is 6.06. The van der Waals surface area contributed by atoms with E-state index in [2.05, 4.69) is 41.1 Å². The van der Waals surface area contributed by atoms with Crippen LogP contribution in [0, 0.1) is 11.8 Å². The average Bonchev–Trinajstić information content (AvgIpc) is 2.85. The molecule has 1 saturated carbocycles. The summed E-state index contributed by atoms with van der Waals surface area (Å²) in [6, 6.07) is 12.1. The van der Waals surface area contributed by atoms with Gasteiger partial charge in [-0.15, -0.1) is 0 Å². The summed E-state index contributed by atoms with van der Waals surface area (Å²) >= 11 is 0. The number of hydrogen-bond donors (Lipinski definition) is 3.